The molecule has 0 N–H and O–H groups in total. The van der Waals surface area contributed by atoms with Gasteiger partial charge < -0.3 is 23.7 Å². The molecular formula is C26H22O7. The second kappa shape index (κ2) is 9.08. The topological polar surface area (TPSA) is 80.3 Å². The number of benzene rings is 3. The third-order valence-corrected chi connectivity index (χ3v) is 5.20. The van der Waals surface area contributed by atoms with Crippen LogP contribution < -0.4 is 23.7 Å². The highest BCUT2D eigenvalue weighted by Gasteiger charge is 2.31. The Kier molecular flexibility index (Phi) is 6.04. The van der Waals surface area contributed by atoms with Crippen LogP contribution in [0.5, 0.6) is 28.7 Å². The first-order valence-corrected chi connectivity index (χ1v) is 10.1. The summed E-state index contributed by atoms with van der Waals surface area (Å²) >= 11 is 0. The van der Waals surface area contributed by atoms with Gasteiger partial charge >= 0.3 is 5.97 Å². The lowest BCUT2D eigenvalue weighted by Gasteiger charge is -2.13. The number of rotatable bonds is 6. The number of carbonyl (C=O) groups is 2. The van der Waals surface area contributed by atoms with Gasteiger partial charge in [-0.05, 0) is 54.5 Å². The van der Waals surface area contributed by atoms with Gasteiger partial charge in [0.1, 0.15) is 34.3 Å². The molecule has 168 valence electrons. The van der Waals surface area contributed by atoms with E-state index in [1.807, 2.05) is 12.1 Å². The number of carbonyl (C=O) groups excluding carboxylic acids is 2. The molecule has 1 aliphatic heterocycles. The molecule has 0 amide bonds. The maximum atomic E-state index is 12.9. The first-order chi connectivity index (χ1) is 15.9. The van der Waals surface area contributed by atoms with Gasteiger partial charge in [-0.2, -0.15) is 0 Å². The summed E-state index contributed by atoms with van der Waals surface area (Å²) in [5, 5.41) is 0. The Morgan fingerprint density at radius 1 is 0.879 bits per heavy atom. The van der Waals surface area contributed by atoms with E-state index in [0.29, 0.717) is 34.1 Å². The van der Waals surface area contributed by atoms with Crippen LogP contribution in [0.3, 0.4) is 0 Å². The quantitative estimate of drug-likeness (QED) is 0.304. The lowest BCUT2D eigenvalue weighted by molar-refractivity contribution is 0.0727. The first-order valence-electron chi connectivity index (χ1n) is 10.1. The zero-order chi connectivity index (χ0) is 23.5. The van der Waals surface area contributed by atoms with E-state index in [2.05, 4.69) is 0 Å². The zero-order valence-corrected chi connectivity index (χ0v) is 18.6. The van der Waals surface area contributed by atoms with Gasteiger partial charge in [0.15, 0.2) is 5.76 Å². The van der Waals surface area contributed by atoms with Crippen LogP contribution in [-0.2, 0) is 0 Å². The molecule has 3 aromatic rings. The summed E-state index contributed by atoms with van der Waals surface area (Å²) in [5.41, 5.74) is 2.02. The molecule has 1 heterocycles. The molecule has 7 heteroatoms. The SMILES string of the molecule is COc1ccc(/C=C2\Oc3cc(OC(=O)c4c(OC)cccc4OC)cc(C)c3C2=O)cc1. The second-order valence-electron chi connectivity index (χ2n) is 7.25. The van der Waals surface area contributed by atoms with E-state index in [-0.39, 0.29) is 22.9 Å². The molecule has 0 saturated heterocycles. The van der Waals surface area contributed by atoms with Gasteiger partial charge in [0.05, 0.1) is 26.9 Å². The van der Waals surface area contributed by atoms with Crippen molar-refractivity contribution in [3.63, 3.8) is 0 Å². The molecule has 33 heavy (non-hydrogen) atoms. The van der Waals surface area contributed by atoms with Crippen molar-refractivity contribution >= 4 is 17.8 Å². The molecule has 0 radical (unpaired) electrons. The van der Waals surface area contributed by atoms with Crippen molar-refractivity contribution in [2.24, 2.45) is 0 Å². The fraction of sp³-hybridized carbons (Fsp3) is 0.154. The second-order valence-corrected chi connectivity index (χ2v) is 7.25. The Morgan fingerprint density at radius 3 is 2.15 bits per heavy atom. The highest BCUT2D eigenvalue weighted by atomic mass is 16.5. The Balaban J connectivity index is 1.62. The van der Waals surface area contributed by atoms with Crippen molar-refractivity contribution in [3.8, 4) is 28.7 Å². The van der Waals surface area contributed by atoms with Gasteiger partial charge in [-0.25, -0.2) is 4.79 Å². The number of methoxy groups -OCH3 is 3. The third kappa shape index (κ3) is 4.25. The van der Waals surface area contributed by atoms with Crippen LogP contribution in [0.1, 0.15) is 31.8 Å². The van der Waals surface area contributed by atoms with Crippen LogP contribution >= 0.6 is 0 Å². The minimum absolute atomic E-state index is 0.165. The van der Waals surface area contributed by atoms with Crippen molar-refractivity contribution in [2.75, 3.05) is 21.3 Å². The summed E-state index contributed by atoms with van der Waals surface area (Å²) in [6.07, 6.45) is 1.66. The van der Waals surface area contributed by atoms with Gasteiger partial charge in [-0.3, -0.25) is 4.79 Å². The monoisotopic (exact) mass is 446 g/mol. The summed E-state index contributed by atoms with van der Waals surface area (Å²) in [4.78, 5) is 25.8. The van der Waals surface area contributed by atoms with Gasteiger partial charge in [0.25, 0.3) is 0 Å². The first kappa shape index (κ1) is 22.0. The fourth-order valence-corrected chi connectivity index (χ4v) is 3.60. The number of hydrogen-bond acceptors (Lipinski definition) is 7. The predicted molar refractivity (Wildman–Crippen MR) is 122 cm³/mol. The summed E-state index contributed by atoms with van der Waals surface area (Å²) < 4.78 is 27.1. The van der Waals surface area contributed by atoms with E-state index < -0.39 is 5.97 Å². The van der Waals surface area contributed by atoms with Crippen molar-refractivity contribution < 1.29 is 33.3 Å². The highest BCUT2D eigenvalue weighted by molar-refractivity contribution is 6.15. The Labute approximate surface area is 191 Å². The Morgan fingerprint density at radius 2 is 1.55 bits per heavy atom. The molecule has 0 aromatic heterocycles. The average molecular weight is 446 g/mol. The molecule has 0 unspecified atom stereocenters. The van der Waals surface area contributed by atoms with Crippen molar-refractivity contribution in [3.05, 3.63) is 82.6 Å². The van der Waals surface area contributed by atoms with Crippen LogP contribution in [0.4, 0.5) is 0 Å². The molecule has 7 nitrogen and oxygen atoms in total. The number of aryl methyl sites for hydroxylation is 1. The van der Waals surface area contributed by atoms with Gasteiger partial charge in [0, 0.05) is 6.07 Å². The van der Waals surface area contributed by atoms with Gasteiger partial charge in [-0.1, -0.05) is 18.2 Å². The van der Waals surface area contributed by atoms with Gasteiger partial charge in [-0.15, -0.1) is 0 Å². The minimum Gasteiger partial charge on any atom is -0.497 e. The molecule has 0 atom stereocenters. The lowest BCUT2D eigenvalue weighted by Crippen LogP contribution is -2.12. The van der Waals surface area contributed by atoms with E-state index in [0.717, 1.165) is 5.56 Å². The number of ether oxygens (including phenoxy) is 5. The van der Waals surface area contributed by atoms with E-state index in [1.165, 1.54) is 20.3 Å². The zero-order valence-electron chi connectivity index (χ0n) is 18.6. The standard InChI is InChI=1S/C26H22O7/c1-15-12-18(32-26(28)24-19(30-3)6-5-7-20(24)31-4)14-21-23(15)25(27)22(33-21)13-16-8-10-17(29-2)11-9-16/h5-14H,1-4H3/b22-13-. The Bertz CT molecular complexity index is 1230. The summed E-state index contributed by atoms with van der Waals surface area (Å²) in [6, 6.07) is 15.4. The maximum Gasteiger partial charge on any atom is 0.351 e. The van der Waals surface area contributed by atoms with Crippen LogP contribution in [0, 0.1) is 6.92 Å². The molecular weight excluding hydrogens is 424 g/mol. The molecule has 0 saturated carbocycles. The van der Waals surface area contributed by atoms with E-state index >= 15 is 0 Å². The number of esters is 1. The number of fused-ring (bicyclic) bond motifs is 1. The lowest BCUT2D eigenvalue weighted by atomic mass is 10.0. The van der Waals surface area contributed by atoms with Crippen LogP contribution in [-0.4, -0.2) is 33.1 Å². The number of ketones is 1. The highest BCUT2D eigenvalue weighted by Crippen LogP contribution is 2.38. The smallest absolute Gasteiger partial charge is 0.351 e. The van der Waals surface area contributed by atoms with Crippen LogP contribution in [0.25, 0.3) is 6.08 Å². The summed E-state index contributed by atoms with van der Waals surface area (Å²) in [5.74, 6) is 1.24. The average Bonchev–Trinajstić information content (AvgIpc) is 3.13. The third-order valence-electron chi connectivity index (χ3n) is 5.20. The van der Waals surface area contributed by atoms with Crippen molar-refractivity contribution in [2.45, 2.75) is 6.92 Å². The maximum absolute atomic E-state index is 12.9. The van der Waals surface area contributed by atoms with E-state index in [4.69, 9.17) is 23.7 Å². The normalized spacial score (nSPS) is 13.3. The summed E-state index contributed by atoms with van der Waals surface area (Å²) in [6.45, 7) is 1.76. The number of Topliss-reactive ketones (excluding diaryl/α,β-unsaturated/α-hetero) is 1. The van der Waals surface area contributed by atoms with E-state index in [9.17, 15) is 9.59 Å². The molecule has 0 bridgehead atoms. The van der Waals surface area contributed by atoms with Crippen molar-refractivity contribution in [1.29, 1.82) is 0 Å². The largest absolute Gasteiger partial charge is 0.497 e. The van der Waals surface area contributed by atoms with Crippen molar-refractivity contribution in [1.82, 2.24) is 0 Å². The molecule has 0 aliphatic carbocycles. The predicted octanol–water partition coefficient (Wildman–Crippen LogP) is 4.86. The number of hydrogen-bond donors (Lipinski definition) is 0. The van der Waals surface area contributed by atoms with Crippen LogP contribution in [0.2, 0.25) is 0 Å². The molecule has 4 rings (SSSR count). The molecule has 0 spiro atoms. The number of allylic oxidation sites excluding steroid dienone is 1. The fourth-order valence-electron chi connectivity index (χ4n) is 3.60. The Hall–Kier alpha value is -4.26. The molecule has 3 aromatic carbocycles. The van der Waals surface area contributed by atoms with E-state index in [1.54, 1.807) is 56.5 Å². The molecule has 1 aliphatic rings. The molecule has 0 fully saturated rings. The van der Waals surface area contributed by atoms with Gasteiger partial charge in [0.2, 0.25) is 5.78 Å². The van der Waals surface area contributed by atoms with Crippen LogP contribution in [0.15, 0.2) is 60.4 Å². The summed E-state index contributed by atoms with van der Waals surface area (Å²) in [7, 11) is 4.51. The minimum atomic E-state index is -0.651.